The summed E-state index contributed by atoms with van der Waals surface area (Å²) >= 11 is 0. The molecule has 1 N–H and O–H groups in total. The van der Waals surface area contributed by atoms with Gasteiger partial charge in [0.25, 0.3) is 0 Å². The first kappa shape index (κ1) is 26.2. The molecule has 2 heterocycles. The van der Waals surface area contributed by atoms with Crippen molar-refractivity contribution in [1.82, 2.24) is 20.3 Å². The van der Waals surface area contributed by atoms with Crippen molar-refractivity contribution in [2.45, 2.75) is 50.8 Å². The maximum atomic E-state index is 13.7. The van der Waals surface area contributed by atoms with Gasteiger partial charge < -0.3 is 14.8 Å². The van der Waals surface area contributed by atoms with Gasteiger partial charge in [-0.1, -0.05) is 47.7 Å². The molecule has 0 saturated carbocycles. The molecule has 4 rings (SSSR count). The number of aromatic nitrogens is 3. The number of nitrogens with one attached hydrogen (secondary N) is 1. The molecule has 1 fully saturated rings. The van der Waals surface area contributed by atoms with Crippen LogP contribution in [0.4, 0.5) is 0 Å². The van der Waals surface area contributed by atoms with Crippen LogP contribution in [0.15, 0.2) is 67.0 Å². The predicted molar refractivity (Wildman–Crippen MR) is 136 cm³/mol. The van der Waals surface area contributed by atoms with Gasteiger partial charge in [-0.3, -0.25) is 14.4 Å². The lowest BCUT2D eigenvalue weighted by Crippen LogP contribution is -2.49. The van der Waals surface area contributed by atoms with Gasteiger partial charge in [-0.2, -0.15) is 0 Å². The highest BCUT2D eigenvalue weighted by molar-refractivity contribution is 5.97. The second-order valence-electron chi connectivity index (χ2n) is 9.61. The number of hydrogen-bond donors (Lipinski definition) is 1. The molecule has 0 aliphatic carbocycles. The normalized spacial score (nSPS) is 18.9. The third kappa shape index (κ3) is 6.68. The lowest BCUT2D eigenvalue weighted by atomic mass is 9.90. The number of ketones is 2. The van der Waals surface area contributed by atoms with E-state index in [-0.39, 0.29) is 23.9 Å². The highest BCUT2D eigenvalue weighted by Crippen LogP contribution is 2.29. The molecule has 4 unspecified atom stereocenters. The second-order valence-corrected chi connectivity index (χ2v) is 9.61. The van der Waals surface area contributed by atoms with E-state index in [1.165, 1.54) is 10.9 Å². The van der Waals surface area contributed by atoms with Gasteiger partial charge in [0, 0.05) is 18.5 Å². The number of hydrogen-bond acceptors (Lipinski definition) is 7. The van der Waals surface area contributed by atoms with E-state index in [0.717, 1.165) is 11.1 Å². The average Bonchev–Trinajstić information content (AvgIpc) is 3.43. The van der Waals surface area contributed by atoms with E-state index < -0.39 is 23.6 Å². The first-order chi connectivity index (χ1) is 17.8. The Morgan fingerprint density at radius 2 is 1.76 bits per heavy atom. The molecular formula is C28H32N4O5. The van der Waals surface area contributed by atoms with Crippen molar-refractivity contribution in [2.75, 3.05) is 13.7 Å². The van der Waals surface area contributed by atoms with Gasteiger partial charge in [0.05, 0.1) is 26.0 Å². The van der Waals surface area contributed by atoms with Crippen LogP contribution < -0.4 is 10.1 Å². The zero-order valence-electron chi connectivity index (χ0n) is 21.3. The third-order valence-corrected chi connectivity index (χ3v) is 6.78. The van der Waals surface area contributed by atoms with Crippen molar-refractivity contribution < 1.29 is 23.9 Å². The van der Waals surface area contributed by atoms with Crippen LogP contribution in [0.2, 0.25) is 0 Å². The van der Waals surface area contributed by atoms with Crippen molar-refractivity contribution in [1.29, 1.82) is 0 Å². The Hall–Kier alpha value is -3.85. The van der Waals surface area contributed by atoms with Gasteiger partial charge in [0.2, 0.25) is 5.91 Å². The molecule has 194 valence electrons. The Morgan fingerprint density at radius 1 is 1.08 bits per heavy atom. The minimum Gasteiger partial charge on any atom is -0.497 e. The number of rotatable bonds is 13. The first-order valence-corrected chi connectivity index (χ1v) is 12.3. The van der Waals surface area contributed by atoms with Gasteiger partial charge in [0.15, 0.2) is 11.6 Å². The first-order valence-electron chi connectivity index (χ1n) is 12.3. The standard InChI is InChI=1S/C28H32N4O5/c1-19(32-14-13-29-31-32)25(33)17-22(15-21-9-11-23(36-3)12-10-21)27(35)30-24(26(34)28(2)18-37-28)16-20-7-5-4-6-8-20/h4-14,19,22,24H,15-18H2,1-3H3,(H,30,35). The van der Waals surface area contributed by atoms with Gasteiger partial charge in [-0.15, -0.1) is 5.10 Å². The molecule has 2 aromatic carbocycles. The zero-order valence-corrected chi connectivity index (χ0v) is 21.3. The van der Waals surface area contributed by atoms with Crippen LogP contribution in [0.1, 0.15) is 37.4 Å². The average molecular weight is 505 g/mol. The molecule has 4 atom stereocenters. The SMILES string of the molecule is COc1ccc(CC(CC(=O)C(C)n2ccnn2)C(=O)NC(Cc2ccccc2)C(=O)C2(C)CO2)cc1. The highest BCUT2D eigenvalue weighted by atomic mass is 16.6. The summed E-state index contributed by atoms with van der Waals surface area (Å²) in [7, 11) is 1.59. The van der Waals surface area contributed by atoms with Crippen LogP contribution in [-0.2, 0) is 32.0 Å². The molecule has 37 heavy (non-hydrogen) atoms. The summed E-state index contributed by atoms with van der Waals surface area (Å²) in [6.45, 7) is 3.79. The van der Waals surface area contributed by atoms with E-state index in [4.69, 9.17) is 9.47 Å². The third-order valence-electron chi connectivity index (χ3n) is 6.78. The number of amides is 1. The molecular weight excluding hydrogens is 472 g/mol. The fourth-order valence-electron chi connectivity index (χ4n) is 4.26. The Balaban J connectivity index is 1.55. The Labute approximate surface area is 216 Å². The molecule has 1 aromatic heterocycles. The molecule has 0 bridgehead atoms. The maximum absolute atomic E-state index is 13.7. The highest BCUT2D eigenvalue weighted by Gasteiger charge is 2.50. The Kier molecular flexibility index (Phi) is 8.13. The van der Waals surface area contributed by atoms with Crippen LogP contribution in [0, 0.1) is 5.92 Å². The van der Waals surface area contributed by atoms with Crippen molar-refractivity contribution in [3.05, 3.63) is 78.1 Å². The molecule has 1 aliphatic heterocycles. The molecule has 0 spiro atoms. The number of nitrogens with zero attached hydrogens (tertiary/aromatic N) is 3. The van der Waals surface area contributed by atoms with E-state index in [1.807, 2.05) is 54.6 Å². The summed E-state index contributed by atoms with van der Waals surface area (Å²) < 4.78 is 12.1. The van der Waals surface area contributed by atoms with Gasteiger partial charge in [0.1, 0.15) is 17.4 Å². The van der Waals surface area contributed by atoms with E-state index >= 15 is 0 Å². The molecule has 0 radical (unpaired) electrons. The molecule has 3 aromatic rings. The summed E-state index contributed by atoms with van der Waals surface area (Å²) in [5, 5.41) is 10.6. The minimum absolute atomic E-state index is 0.0150. The smallest absolute Gasteiger partial charge is 0.224 e. The van der Waals surface area contributed by atoms with Crippen LogP contribution in [-0.4, -0.2) is 57.8 Å². The summed E-state index contributed by atoms with van der Waals surface area (Å²) in [6, 6.07) is 15.5. The van der Waals surface area contributed by atoms with Crippen molar-refractivity contribution in [2.24, 2.45) is 5.92 Å². The molecule has 9 nitrogen and oxygen atoms in total. The quantitative estimate of drug-likeness (QED) is 0.356. The van der Waals surface area contributed by atoms with Crippen LogP contribution in [0.3, 0.4) is 0 Å². The van der Waals surface area contributed by atoms with E-state index in [1.54, 1.807) is 27.2 Å². The number of carbonyl (C=O) groups is 3. The fourth-order valence-corrected chi connectivity index (χ4v) is 4.26. The Bertz CT molecular complexity index is 1210. The van der Waals surface area contributed by atoms with Crippen LogP contribution >= 0.6 is 0 Å². The monoisotopic (exact) mass is 504 g/mol. The maximum Gasteiger partial charge on any atom is 0.224 e. The van der Waals surface area contributed by atoms with Crippen LogP contribution in [0.25, 0.3) is 0 Å². The molecule has 9 heteroatoms. The predicted octanol–water partition coefficient (Wildman–Crippen LogP) is 2.75. The summed E-state index contributed by atoms with van der Waals surface area (Å²) in [5.41, 5.74) is 0.911. The Morgan fingerprint density at radius 3 is 2.35 bits per heavy atom. The topological polar surface area (TPSA) is 116 Å². The molecule has 1 amide bonds. The minimum atomic E-state index is -0.893. The molecule has 1 saturated heterocycles. The number of epoxide rings is 1. The van der Waals surface area contributed by atoms with E-state index in [0.29, 0.717) is 25.2 Å². The number of methoxy groups -OCH3 is 1. The lowest BCUT2D eigenvalue weighted by molar-refractivity contribution is -0.134. The lowest BCUT2D eigenvalue weighted by Gasteiger charge is -2.24. The van der Waals surface area contributed by atoms with Crippen molar-refractivity contribution >= 4 is 17.5 Å². The summed E-state index contributed by atoms with van der Waals surface area (Å²) in [4.78, 5) is 40.1. The van der Waals surface area contributed by atoms with Gasteiger partial charge in [-0.25, -0.2) is 4.68 Å². The second kappa shape index (κ2) is 11.5. The number of ether oxygens (including phenoxy) is 2. The van der Waals surface area contributed by atoms with Gasteiger partial charge in [-0.05, 0) is 49.9 Å². The summed E-state index contributed by atoms with van der Waals surface area (Å²) in [5.74, 6) is -0.663. The van der Waals surface area contributed by atoms with Crippen molar-refractivity contribution in [3.8, 4) is 5.75 Å². The fraction of sp³-hybridized carbons (Fsp3) is 0.393. The van der Waals surface area contributed by atoms with Crippen molar-refractivity contribution in [3.63, 3.8) is 0 Å². The van der Waals surface area contributed by atoms with E-state index in [2.05, 4.69) is 15.6 Å². The number of Topliss-reactive ketones (excluding diaryl/α,β-unsaturated/α-hetero) is 2. The number of benzene rings is 2. The summed E-state index contributed by atoms with van der Waals surface area (Å²) in [6.07, 6.45) is 3.77. The van der Waals surface area contributed by atoms with E-state index in [9.17, 15) is 14.4 Å². The van der Waals surface area contributed by atoms with Crippen LogP contribution in [0.5, 0.6) is 5.75 Å². The largest absolute Gasteiger partial charge is 0.497 e. The van der Waals surface area contributed by atoms with Gasteiger partial charge >= 0.3 is 0 Å². The molecule has 1 aliphatic rings. The zero-order chi connectivity index (χ0) is 26.4. The number of carbonyl (C=O) groups excluding carboxylic acids is 3.